The molecular weight excluding hydrogens is 424 g/mol. The maximum Gasteiger partial charge on any atom is 0.341 e. The molecule has 0 aliphatic carbocycles. The van der Waals surface area contributed by atoms with Crippen molar-refractivity contribution >= 4 is 17.6 Å². The Kier molecular flexibility index (Phi) is 8.74. The van der Waals surface area contributed by atoms with Crippen molar-refractivity contribution in [1.29, 1.82) is 0 Å². The van der Waals surface area contributed by atoms with E-state index in [0.29, 0.717) is 12.0 Å². The summed E-state index contributed by atoms with van der Waals surface area (Å²) in [5.41, 5.74) is 5.00. The van der Waals surface area contributed by atoms with Crippen molar-refractivity contribution in [3.05, 3.63) is 33.9 Å². The van der Waals surface area contributed by atoms with Crippen LogP contribution < -0.4 is 10.1 Å². The lowest BCUT2D eigenvalue weighted by molar-refractivity contribution is -0.137. The summed E-state index contributed by atoms with van der Waals surface area (Å²) in [6.07, 6.45) is 4.48. The SMILES string of the molecule is CNc1c(C/C=C(\C)C(CCCN2CCOCC2)CC(=O)O)c(OC)c(C)c2c1C(=O)OC2. The Morgan fingerprint density at radius 2 is 2.06 bits per heavy atom. The maximum absolute atomic E-state index is 12.4. The topological polar surface area (TPSA) is 97.3 Å². The number of carbonyl (C=O) groups is 2. The van der Waals surface area contributed by atoms with Crippen molar-refractivity contribution in [3.8, 4) is 5.75 Å². The van der Waals surface area contributed by atoms with Gasteiger partial charge in [-0.15, -0.1) is 0 Å². The standard InChI is InChI=1S/C25H36N2O6/c1-16(18(14-21(28)29)6-5-9-27-10-12-32-13-11-27)7-8-19-23(26-3)22-20(15-33-25(22)30)17(2)24(19)31-4/h7,18,26H,5-6,8-15H2,1-4H3,(H,28,29)/b16-7+. The normalized spacial score (nSPS) is 17.5. The van der Waals surface area contributed by atoms with Crippen LogP contribution in [0.4, 0.5) is 5.69 Å². The number of aliphatic carboxylic acids is 1. The number of carboxylic acids is 1. The number of fused-ring (bicyclic) bond motifs is 1. The largest absolute Gasteiger partial charge is 0.496 e. The first-order valence-electron chi connectivity index (χ1n) is 11.6. The summed E-state index contributed by atoms with van der Waals surface area (Å²) < 4.78 is 16.4. The summed E-state index contributed by atoms with van der Waals surface area (Å²) in [5.74, 6) is -0.409. The molecule has 1 fully saturated rings. The Hall–Kier alpha value is -2.58. The number of morpholine rings is 1. The predicted molar refractivity (Wildman–Crippen MR) is 126 cm³/mol. The van der Waals surface area contributed by atoms with Gasteiger partial charge in [-0.25, -0.2) is 4.79 Å². The number of hydrogen-bond acceptors (Lipinski definition) is 7. The minimum absolute atomic E-state index is 0.0342. The van der Waals surface area contributed by atoms with Crippen LogP contribution in [-0.4, -0.2) is 69.0 Å². The number of nitrogens with zero attached hydrogens (tertiary/aromatic N) is 1. The van der Waals surface area contributed by atoms with E-state index in [9.17, 15) is 14.7 Å². The molecule has 8 heteroatoms. The fraction of sp³-hybridized carbons (Fsp3) is 0.600. The number of allylic oxidation sites excluding steroid dienone is 2. The number of ether oxygens (including phenoxy) is 3. The number of anilines is 1. The first-order chi connectivity index (χ1) is 15.9. The van der Waals surface area contributed by atoms with E-state index in [1.165, 1.54) is 0 Å². The molecule has 0 saturated carbocycles. The smallest absolute Gasteiger partial charge is 0.341 e. The van der Waals surface area contributed by atoms with E-state index in [0.717, 1.165) is 79.4 Å². The third-order valence-corrected chi connectivity index (χ3v) is 6.75. The monoisotopic (exact) mass is 460 g/mol. The van der Waals surface area contributed by atoms with Gasteiger partial charge < -0.3 is 24.6 Å². The van der Waals surface area contributed by atoms with Gasteiger partial charge in [0.05, 0.1) is 38.0 Å². The zero-order valence-electron chi connectivity index (χ0n) is 20.2. The zero-order chi connectivity index (χ0) is 24.0. The van der Waals surface area contributed by atoms with Crippen LogP contribution >= 0.6 is 0 Å². The molecule has 33 heavy (non-hydrogen) atoms. The van der Waals surface area contributed by atoms with E-state index in [4.69, 9.17) is 14.2 Å². The molecule has 0 radical (unpaired) electrons. The highest BCUT2D eigenvalue weighted by atomic mass is 16.5. The molecule has 1 unspecified atom stereocenters. The number of methoxy groups -OCH3 is 1. The third-order valence-electron chi connectivity index (χ3n) is 6.75. The van der Waals surface area contributed by atoms with Crippen LogP contribution in [-0.2, 0) is 27.3 Å². The molecule has 1 aromatic rings. The number of cyclic esters (lactones) is 1. The van der Waals surface area contributed by atoms with Gasteiger partial charge in [-0.3, -0.25) is 9.69 Å². The Morgan fingerprint density at radius 1 is 1.33 bits per heavy atom. The number of nitrogens with one attached hydrogen (secondary N) is 1. The predicted octanol–water partition coefficient (Wildman–Crippen LogP) is 3.41. The number of hydrogen-bond donors (Lipinski definition) is 2. The highest BCUT2D eigenvalue weighted by Crippen LogP contribution is 2.41. The molecule has 2 heterocycles. The van der Waals surface area contributed by atoms with Gasteiger partial charge in [0.1, 0.15) is 12.4 Å². The second kappa shape index (κ2) is 11.5. The van der Waals surface area contributed by atoms with Crippen molar-refractivity contribution in [2.45, 2.75) is 46.1 Å². The molecule has 0 bridgehead atoms. The molecule has 0 aromatic heterocycles. The zero-order valence-corrected chi connectivity index (χ0v) is 20.2. The molecular formula is C25H36N2O6. The fourth-order valence-electron chi connectivity index (χ4n) is 4.85. The van der Waals surface area contributed by atoms with Crippen molar-refractivity contribution in [2.75, 3.05) is 52.3 Å². The van der Waals surface area contributed by atoms with Gasteiger partial charge in [-0.1, -0.05) is 11.6 Å². The molecule has 182 valence electrons. The van der Waals surface area contributed by atoms with Gasteiger partial charge in [-0.05, 0) is 51.1 Å². The molecule has 1 atom stereocenters. The van der Waals surface area contributed by atoms with Crippen LogP contribution in [0.15, 0.2) is 11.6 Å². The number of benzene rings is 1. The summed E-state index contributed by atoms with van der Waals surface area (Å²) in [6, 6.07) is 0. The molecule has 3 rings (SSSR count). The van der Waals surface area contributed by atoms with Gasteiger partial charge >= 0.3 is 11.9 Å². The van der Waals surface area contributed by atoms with Crippen LogP contribution in [0.3, 0.4) is 0 Å². The van der Waals surface area contributed by atoms with Crippen molar-refractivity contribution in [1.82, 2.24) is 4.90 Å². The highest BCUT2D eigenvalue weighted by molar-refractivity contribution is 6.01. The number of esters is 1. The Labute approximate surface area is 195 Å². The van der Waals surface area contributed by atoms with Gasteiger partial charge in [0.15, 0.2) is 0 Å². The lowest BCUT2D eigenvalue weighted by Crippen LogP contribution is -2.37. The average molecular weight is 461 g/mol. The highest BCUT2D eigenvalue weighted by Gasteiger charge is 2.31. The average Bonchev–Trinajstić information content (AvgIpc) is 3.19. The van der Waals surface area contributed by atoms with E-state index in [2.05, 4.69) is 16.3 Å². The van der Waals surface area contributed by atoms with E-state index < -0.39 is 5.97 Å². The van der Waals surface area contributed by atoms with E-state index >= 15 is 0 Å². The van der Waals surface area contributed by atoms with Crippen molar-refractivity contribution in [3.63, 3.8) is 0 Å². The Bertz CT molecular complexity index is 905. The molecule has 2 aliphatic heterocycles. The molecule has 1 aromatic carbocycles. The molecule has 1 saturated heterocycles. The summed E-state index contributed by atoms with van der Waals surface area (Å²) in [7, 11) is 3.42. The number of rotatable bonds is 11. The van der Waals surface area contributed by atoms with Crippen LogP contribution in [0.1, 0.15) is 53.2 Å². The second-order valence-corrected chi connectivity index (χ2v) is 8.73. The van der Waals surface area contributed by atoms with Crippen molar-refractivity contribution < 1.29 is 28.9 Å². The van der Waals surface area contributed by atoms with Gasteiger partial charge in [0, 0.05) is 31.3 Å². The van der Waals surface area contributed by atoms with Crippen LogP contribution in [0.25, 0.3) is 0 Å². The van der Waals surface area contributed by atoms with E-state index in [1.807, 2.05) is 13.8 Å². The summed E-state index contributed by atoms with van der Waals surface area (Å²) >= 11 is 0. The molecule has 0 amide bonds. The number of carboxylic acid groups (broad SMARTS) is 1. The first-order valence-corrected chi connectivity index (χ1v) is 11.6. The fourth-order valence-corrected chi connectivity index (χ4v) is 4.85. The summed E-state index contributed by atoms with van der Waals surface area (Å²) in [4.78, 5) is 26.3. The van der Waals surface area contributed by atoms with Crippen molar-refractivity contribution in [2.24, 2.45) is 5.92 Å². The van der Waals surface area contributed by atoms with E-state index in [-0.39, 0.29) is 24.9 Å². The molecule has 2 aliphatic rings. The van der Waals surface area contributed by atoms with Crippen LogP contribution in [0.5, 0.6) is 5.75 Å². The van der Waals surface area contributed by atoms with Crippen LogP contribution in [0.2, 0.25) is 0 Å². The summed E-state index contributed by atoms with van der Waals surface area (Å²) in [6.45, 7) is 8.55. The lowest BCUT2D eigenvalue weighted by atomic mass is 9.89. The molecule has 2 N–H and O–H groups in total. The lowest BCUT2D eigenvalue weighted by Gasteiger charge is -2.27. The second-order valence-electron chi connectivity index (χ2n) is 8.73. The third kappa shape index (κ3) is 5.86. The van der Waals surface area contributed by atoms with Gasteiger partial charge in [0.25, 0.3) is 0 Å². The minimum atomic E-state index is -0.788. The Balaban J connectivity index is 1.79. The Morgan fingerprint density at radius 3 is 2.70 bits per heavy atom. The van der Waals surface area contributed by atoms with E-state index in [1.54, 1.807) is 14.2 Å². The molecule has 8 nitrogen and oxygen atoms in total. The summed E-state index contributed by atoms with van der Waals surface area (Å²) in [5, 5.41) is 12.6. The number of carbonyl (C=O) groups excluding carboxylic acids is 1. The maximum atomic E-state index is 12.4. The first kappa shape index (κ1) is 25.1. The van der Waals surface area contributed by atoms with Gasteiger partial charge in [-0.2, -0.15) is 0 Å². The van der Waals surface area contributed by atoms with Gasteiger partial charge in [0.2, 0.25) is 0 Å². The minimum Gasteiger partial charge on any atom is -0.496 e. The quantitative estimate of drug-likeness (QED) is 0.383. The van der Waals surface area contributed by atoms with Crippen LogP contribution in [0, 0.1) is 12.8 Å². The molecule has 0 spiro atoms.